The van der Waals surface area contributed by atoms with Gasteiger partial charge in [-0.25, -0.2) is 0 Å². The third-order valence-corrected chi connectivity index (χ3v) is 13.6. The maximum atomic E-state index is 12.4. The maximum absolute atomic E-state index is 12.4. The highest BCUT2D eigenvalue weighted by molar-refractivity contribution is 5.76. The van der Waals surface area contributed by atoms with Crippen molar-refractivity contribution in [2.24, 2.45) is 0 Å². The standard InChI is InChI=1S/C58H113NO5/c1-3-5-7-9-11-13-15-17-18-25-28-32-36-40-44-48-52-58(63)64-53-49-45-41-37-33-29-26-23-21-19-20-22-24-27-31-35-39-43-47-51-57(62)59-55(54-60)56(61)50-46-42-38-34-30-16-14-12-10-8-6-4-2/h19-20,55-56,60-61H,3-18,21-54H2,1-2H3,(H,59,62)/b20-19-. The molecule has 0 aromatic carbocycles. The van der Waals surface area contributed by atoms with Crippen LogP contribution in [0.5, 0.6) is 0 Å². The molecule has 0 rings (SSSR count). The number of esters is 1. The summed E-state index contributed by atoms with van der Waals surface area (Å²) in [6.07, 6.45) is 63.5. The summed E-state index contributed by atoms with van der Waals surface area (Å²) < 4.78 is 5.48. The van der Waals surface area contributed by atoms with Crippen LogP contribution in [0.15, 0.2) is 12.2 Å². The monoisotopic (exact) mass is 904 g/mol. The number of unbranched alkanes of at least 4 members (excludes halogenated alkanes) is 41. The Bertz CT molecular complexity index is 955. The first-order valence-corrected chi connectivity index (χ1v) is 28.9. The zero-order chi connectivity index (χ0) is 46.5. The van der Waals surface area contributed by atoms with E-state index >= 15 is 0 Å². The van der Waals surface area contributed by atoms with E-state index in [1.165, 1.54) is 250 Å². The van der Waals surface area contributed by atoms with Crippen molar-refractivity contribution < 1.29 is 24.5 Å². The molecule has 2 atom stereocenters. The summed E-state index contributed by atoms with van der Waals surface area (Å²) in [4.78, 5) is 24.5. The zero-order valence-corrected chi connectivity index (χ0v) is 43.3. The quantitative estimate of drug-likeness (QED) is 0.0321. The number of allylic oxidation sites excluding steroid dienone is 2. The topological polar surface area (TPSA) is 95.9 Å². The van der Waals surface area contributed by atoms with Crippen molar-refractivity contribution in [3.05, 3.63) is 12.2 Å². The summed E-state index contributed by atoms with van der Waals surface area (Å²) in [5, 5.41) is 23.2. The van der Waals surface area contributed by atoms with Crippen molar-refractivity contribution >= 4 is 11.9 Å². The van der Waals surface area contributed by atoms with Gasteiger partial charge in [0.1, 0.15) is 0 Å². The Kier molecular flexibility index (Phi) is 53.0. The summed E-state index contributed by atoms with van der Waals surface area (Å²) in [6, 6.07) is -0.546. The second-order valence-electron chi connectivity index (χ2n) is 20.0. The zero-order valence-electron chi connectivity index (χ0n) is 43.3. The molecule has 0 radical (unpaired) electrons. The molecule has 0 bridgehead atoms. The molecule has 64 heavy (non-hydrogen) atoms. The van der Waals surface area contributed by atoms with Crippen LogP contribution >= 0.6 is 0 Å². The summed E-state index contributed by atoms with van der Waals surface area (Å²) in [5.41, 5.74) is 0. The molecular weight excluding hydrogens is 791 g/mol. The van der Waals surface area contributed by atoms with E-state index in [9.17, 15) is 19.8 Å². The van der Waals surface area contributed by atoms with Crippen molar-refractivity contribution in [1.29, 1.82) is 0 Å². The lowest BCUT2D eigenvalue weighted by Gasteiger charge is -2.22. The predicted molar refractivity (Wildman–Crippen MR) is 278 cm³/mol. The van der Waals surface area contributed by atoms with E-state index in [1.807, 2.05) is 0 Å². The van der Waals surface area contributed by atoms with E-state index in [2.05, 4.69) is 31.3 Å². The molecule has 6 heteroatoms. The number of hydrogen-bond donors (Lipinski definition) is 3. The van der Waals surface area contributed by atoms with Crippen LogP contribution in [0, 0.1) is 0 Å². The summed E-state index contributed by atoms with van der Waals surface area (Å²) in [6.45, 7) is 4.95. The molecule has 0 saturated carbocycles. The second-order valence-corrected chi connectivity index (χ2v) is 20.0. The molecule has 0 spiro atoms. The average Bonchev–Trinajstić information content (AvgIpc) is 3.29. The molecule has 0 aliphatic rings. The number of amides is 1. The lowest BCUT2D eigenvalue weighted by molar-refractivity contribution is -0.143. The van der Waals surface area contributed by atoms with Crippen LogP contribution in [0.1, 0.15) is 322 Å². The van der Waals surface area contributed by atoms with Gasteiger partial charge in [-0.3, -0.25) is 9.59 Å². The van der Waals surface area contributed by atoms with Crippen molar-refractivity contribution in [1.82, 2.24) is 5.32 Å². The van der Waals surface area contributed by atoms with Gasteiger partial charge in [-0.15, -0.1) is 0 Å². The van der Waals surface area contributed by atoms with Gasteiger partial charge in [-0.1, -0.05) is 270 Å². The third-order valence-electron chi connectivity index (χ3n) is 13.6. The average molecular weight is 905 g/mol. The Labute approximate surface area is 399 Å². The van der Waals surface area contributed by atoms with E-state index in [-0.39, 0.29) is 18.5 Å². The molecule has 380 valence electrons. The first-order valence-electron chi connectivity index (χ1n) is 28.9. The lowest BCUT2D eigenvalue weighted by Crippen LogP contribution is -2.45. The van der Waals surface area contributed by atoms with Gasteiger partial charge in [0.05, 0.1) is 25.4 Å². The molecular formula is C58H113NO5. The Morgan fingerprint density at radius 2 is 0.734 bits per heavy atom. The van der Waals surface area contributed by atoms with Crippen LogP contribution in [0.25, 0.3) is 0 Å². The molecule has 0 aliphatic heterocycles. The number of carbonyl (C=O) groups is 2. The fraction of sp³-hybridized carbons (Fsp3) is 0.931. The van der Waals surface area contributed by atoms with Crippen LogP contribution in [-0.4, -0.2) is 47.4 Å². The molecule has 0 fully saturated rings. The second kappa shape index (κ2) is 54.2. The van der Waals surface area contributed by atoms with Crippen molar-refractivity contribution in [3.8, 4) is 0 Å². The molecule has 0 saturated heterocycles. The number of carbonyl (C=O) groups excluding carboxylic acids is 2. The van der Waals surface area contributed by atoms with Gasteiger partial charge in [0, 0.05) is 12.8 Å². The number of aliphatic hydroxyl groups is 2. The number of hydrogen-bond acceptors (Lipinski definition) is 5. The van der Waals surface area contributed by atoms with Crippen LogP contribution < -0.4 is 5.32 Å². The van der Waals surface area contributed by atoms with Crippen LogP contribution in [-0.2, 0) is 14.3 Å². The van der Waals surface area contributed by atoms with Crippen LogP contribution in [0.3, 0.4) is 0 Å². The molecule has 0 heterocycles. The van der Waals surface area contributed by atoms with Gasteiger partial charge >= 0.3 is 5.97 Å². The van der Waals surface area contributed by atoms with E-state index in [1.54, 1.807) is 0 Å². The van der Waals surface area contributed by atoms with Crippen LogP contribution in [0.2, 0.25) is 0 Å². The summed E-state index contributed by atoms with van der Waals surface area (Å²) in [7, 11) is 0. The highest BCUT2D eigenvalue weighted by atomic mass is 16.5. The van der Waals surface area contributed by atoms with Gasteiger partial charge in [-0.05, 0) is 51.4 Å². The van der Waals surface area contributed by atoms with Crippen LogP contribution in [0.4, 0.5) is 0 Å². The van der Waals surface area contributed by atoms with E-state index in [4.69, 9.17) is 4.74 Å². The predicted octanol–water partition coefficient (Wildman–Crippen LogP) is 17.7. The summed E-state index contributed by atoms with van der Waals surface area (Å²) >= 11 is 0. The number of aliphatic hydroxyl groups excluding tert-OH is 2. The lowest BCUT2D eigenvalue weighted by atomic mass is 10.0. The fourth-order valence-electron chi connectivity index (χ4n) is 9.11. The SMILES string of the molecule is CCCCCCCCCCCCCCCCCCC(=O)OCCCCCCCCCC/C=C\CCCCCCCCCC(=O)NC(CO)C(O)CCCCCCCCCCCCCC. The Morgan fingerprint density at radius 1 is 0.422 bits per heavy atom. The normalized spacial score (nSPS) is 12.6. The highest BCUT2D eigenvalue weighted by Crippen LogP contribution is 2.17. The van der Waals surface area contributed by atoms with E-state index in [0.717, 1.165) is 38.5 Å². The van der Waals surface area contributed by atoms with Crippen molar-refractivity contribution in [3.63, 3.8) is 0 Å². The van der Waals surface area contributed by atoms with Gasteiger partial charge in [0.2, 0.25) is 5.91 Å². The van der Waals surface area contributed by atoms with E-state index < -0.39 is 12.1 Å². The smallest absolute Gasteiger partial charge is 0.305 e. The molecule has 0 aromatic heterocycles. The molecule has 6 nitrogen and oxygen atoms in total. The molecule has 2 unspecified atom stereocenters. The minimum atomic E-state index is -0.668. The van der Waals surface area contributed by atoms with Gasteiger partial charge in [0.15, 0.2) is 0 Å². The Hall–Kier alpha value is -1.40. The number of rotatable bonds is 54. The third kappa shape index (κ3) is 50.0. The van der Waals surface area contributed by atoms with Gasteiger partial charge in [-0.2, -0.15) is 0 Å². The maximum Gasteiger partial charge on any atom is 0.305 e. The molecule has 1 amide bonds. The fourth-order valence-corrected chi connectivity index (χ4v) is 9.11. The first kappa shape index (κ1) is 62.6. The Morgan fingerprint density at radius 3 is 1.11 bits per heavy atom. The Balaban J connectivity index is 3.40. The van der Waals surface area contributed by atoms with Crippen molar-refractivity contribution in [2.45, 2.75) is 334 Å². The van der Waals surface area contributed by atoms with Gasteiger partial charge < -0.3 is 20.3 Å². The van der Waals surface area contributed by atoms with Crippen molar-refractivity contribution in [2.75, 3.05) is 13.2 Å². The highest BCUT2D eigenvalue weighted by Gasteiger charge is 2.20. The van der Waals surface area contributed by atoms with E-state index in [0.29, 0.717) is 25.9 Å². The largest absolute Gasteiger partial charge is 0.466 e. The molecule has 0 aliphatic carbocycles. The minimum Gasteiger partial charge on any atom is -0.466 e. The minimum absolute atomic E-state index is 0.00778. The molecule has 3 N–H and O–H groups in total. The molecule has 0 aromatic rings. The number of nitrogens with one attached hydrogen (secondary N) is 1. The van der Waals surface area contributed by atoms with Gasteiger partial charge in [0.25, 0.3) is 0 Å². The first-order chi connectivity index (χ1) is 31.5. The number of ether oxygens (including phenoxy) is 1. The summed E-state index contributed by atoms with van der Waals surface area (Å²) in [5.74, 6) is -0.0362.